The van der Waals surface area contributed by atoms with E-state index in [0.717, 1.165) is 6.42 Å². The molecule has 54 valence electrons. The van der Waals surface area contributed by atoms with Crippen LogP contribution in [0.25, 0.3) is 0 Å². The van der Waals surface area contributed by atoms with Crippen LogP contribution in [-0.2, 0) is 0 Å². The summed E-state index contributed by atoms with van der Waals surface area (Å²) in [5, 5.41) is 8.65. The Morgan fingerprint density at radius 2 is 2.00 bits per heavy atom. The summed E-state index contributed by atoms with van der Waals surface area (Å²) in [6.45, 7) is 4.71. The predicted octanol–water partition coefficient (Wildman–Crippen LogP) is 1.93. The number of hydrogen-bond donors (Lipinski definition) is 1. The van der Waals surface area contributed by atoms with E-state index < -0.39 is 0 Å². The second-order valence-corrected chi connectivity index (χ2v) is 5.16. The Hall–Kier alpha value is 0.440. The lowest BCUT2D eigenvalue weighted by atomic mass is 10.0. The van der Waals surface area contributed by atoms with Crippen LogP contribution in [0.3, 0.4) is 0 Å². The molecule has 0 saturated heterocycles. The molecule has 0 amide bonds. The molecule has 2 unspecified atom stereocenters. The van der Waals surface area contributed by atoms with Crippen molar-refractivity contribution in [2.24, 2.45) is 5.41 Å². The van der Waals surface area contributed by atoms with Crippen molar-refractivity contribution in [2.45, 2.75) is 31.0 Å². The Labute approximate surface area is 64.6 Å². The highest BCUT2D eigenvalue weighted by Gasteiger charge is 2.58. The number of alkyl halides is 1. The summed E-state index contributed by atoms with van der Waals surface area (Å²) in [5.74, 6) is 0. The van der Waals surface area contributed by atoms with Crippen LogP contribution in [0.4, 0.5) is 0 Å². The fourth-order valence-corrected chi connectivity index (χ4v) is 2.10. The standard InChI is InChI=1S/C7H13BrO/c1-6(3-4-9)5-7(6,2)8/h9H,3-5H2,1-2H3. The smallest absolute Gasteiger partial charge is 0.0436 e. The first-order chi connectivity index (χ1) is 4.02. The number of halogens is 1. The molecule has 1 saturated carbocycles. The summed E-state index contributed by atoms with van der Waals surface area (Å²) in [6.07, 6.45) is 2.12. The van der Waals surface area contributed by atoms with Crippen molar-refractivity contribution in [1.29, 1.82) is 0 Å². The summed E-state index contributed by atoms with van der Waals surface area (Å²) in [6, 6.07) is 0. The molecule has 0 radical (unpaired) electrons. The first-order valence-corrected chi connectivity index (χ1v) is 4.11. The van der Waals surface area contributed by atoms with Crippen molar-refractivity contribution in [3.05, 3.63) is 0 Å². The first-order valence-electron chi connectivity index (χ1n) is 3.32. The monoisotopic (exact) mass is 192 g/mol. The predicted molar refractivity (Wildman–Crippen MR) is 41.8 cm³/mol. The van der Waals surface area contributed by atoms with E-state index in [9.17, 15) is 0 Å². The van der Waals surface area contributed by atoms with E-state index in [0.29, 0.717) is 16.3 Å². The molecule has 0 bridgehead atoms. The van der Waals surface area contributed by atoms with Crippen molar-refractivity contribution < 1.29 is 5.11 Å². The molecule has 2 heteroatoms. The molecule has 0 aromatic rings. The fraction of sp³-hybridized carbons (Fsp3) is 1.00. The summed E-state index contributed by atoms with van der Waals surface area (Å²) in [7, 11) is 0. The Morgan fingerprint density at radius 3 is 2.11 bits per heavy atom. The minimum absolute atomic E-state index is 0.308. The lowest BCUT2D eigenvalue weighted by molar-refractivity contribution is 0.253. The van der Waals surface area contributed by atoms with Crippen molar-refractivity contribution in [1.82, 2.24) is 0 Å². The van der Waals surface area contributed by atoms with Crippen LogP contribution in [-0.4, -0.2) is 16.0 Å². The van der Waals surface area contributed by atoms with E-state index in [1.807, 2.05) is 0 Å². The van der Waals surface area contributed by atoms with Gasteiger partial charge in [-0.2, -0.15) is 0 Å². The summed E-state index contributed by atoms with van der Waals surface area (Å²) < 4.78 is 0.308. The minimum Gasteiger partial charge on any atom is -0.396 e. The van der Waals surface area contributed by atoms with E-state index in [2.05, 4.69) is 29.8 Å². The third-order valence-corrected chi connectivity index (χ3v) is 3.76. The maximum absolute atomic E-state index is 8.65. The Morgan fingerprint density at radius 1 is 1.56 bits per heavy atom. The topological polar surface area (TPSA) is 20.2 Å². The zero-order chi connectivity index (χ0) is 7.12. The number of rotatable bonds is 2. The van der Waals surface area contributed by atoms with E-state index in [4.69, 9.17) is 5.11 Å². The van der Waals surface area contributed by atoms with Crippen molar-refractivity contribution in [3.8, 4) is 0 Å². The van der Waals surface area contributed by atoms with Crippen LogP contribution >= 0.6 is 15.9 Å². The maximum Gasteiger partial charge on any atom is 0.0436 e. The lowest BCUT2D eigenvalue weighted by Gasteiger charge is -2.09. The molecule has 0 spiro atoms. The van der Waals surface area contributed by atoms with Crippen LogP contribution in [0.2, 0.25) is 0 Å². The minimum atomic E-state index is 0.308. The molecule has 1 rings (SSSR count). The van der Waals surface area contributed by atoms with Gasteiger partial charge in [-0.15, -0.1) is 0 Å². The molecule has 1 nitrogen and oxygen atoms in total. The van der Waals surface area contributed by atoms with E-state index in [1.165, 1.54) is 6.42 Å². The van der Waals surface area contributed by atoms with Gasteiger partial charge in [0, 0.05) is 10.9 Å². The van der Waals surface area contributed by atoms with Crippen molar-refractivity contribution in [2.75, 3.05) is 6.61 Å². The van der Waals surface area contributed by atoms with Crippen LogP contribution in [0.5, 0.6) is 0 Å². The Kier molecular flexibility index (Phi) is 1.64. The third-order valence-electron chi connectivity index (χ3n) is 2.52. The van der Waals surface area contributed by atoms with Gasteiger partial charge in [0.25, 0.3) is 0 Å². The highest BCUT2D eigenvalue weighted by atomic mass is 79.9. The quantitative estimate of drug-likeness (QED) is 0.664. The van der Waals surface area contributed by atoms with Gasteiger partial charge in [-0.25, -0.2) is 0 Å². The molecule has 0 aliphatic heterocycles. The summed E-state index contributed by atoms with van der Waals surface area (Å²) >= 11 is 3.60. The SMILES string of the molecule is CC1(Br)CC1(C)CCO. The molecule has 1 aliphatic carbocycles. The maximum atomic E-state index is 8.65. The Bertz CT molecular complexity index is 122. The molecular formula is C7H13BrO. The van der Waals surface area contributed by atoms with Gasteiger partial charge in [0.2, 0.25) is 0 Å². The van der Waals surface area contributed by atoms with Crippen LogP contribution in [0.15, 0.2) is 0 Å². The number of aliphatic hydroxyl groups is 1. The second kappa shape index (κ2) is 1.96. The van der Waals surface area contributed by atoms with Gasteiger partial charge in [-0.05, 0) is 25.2 Å². The second-order valence-electron chi connectivity index (χ2n) is 3.41. The highest BCUT2D eigenvalue weighted by molar-refractivity contribution is 9.10. The van der Waals surface area contributed by atoms with E-state index >= 15 is 0 Å². The van der Waals surface area contributed by atoms with Gasteiger partial charge < -0.3 is 5.11 Å². The molecule has 2 atom stereocenters. The summed E-state index contributed by atoms with van der Waals surface area (Å²) in [5.41, 5.74) is 0.363. The van der Waals surface area contributed by atoms with Gasteiger partial charge in [0.15, 0.2) is 0 Å². The van der Waals surface area contributed by atoms with Gasteiger partial charge in [0.05, 0.1) is 0 Å². The van der Waals surface area contributed by atoms with Gasteiger partial charge in [-0.3, -0.25) is 0 Å². The van der Waals surface area contributed by atoms with Crippen LogP contribution in [0, 0.1) is 5.41 Å². The van der Waals surface area contributed by atoms with Gasteiger partial charge >= 0.3 is 0 Å². The third kappa shape index (κ3) is 1.15. The highest BCUT2D eigenvalue weighted by Crippen LogP contribution is 2.63. The first kappa shape index (κ1) is 7.55. The molecule has 9 heavy (non-hydrogen) atoms. The summed E-state index contributed by atoms with van der Waals surface area (Å²) in [4.78, 5) is 0. The van der Waals surface area contributed by atoms with E-state index in [1.54, 1.807) is 0 Å². The average molecular weight is 193 g/mol. The zero-order valence-electron chi connectivity index (χ0n) is 5.95. The van der Waals surface area contributed by atoms with Gasteiger partial charge in [-0.1, -0.05) is 22.9 Å². The lowest BCUT2D eigenvalue weighted by Crippen LogP contribution is -2.07. The van der Waals surface area contributed by atoms with Crippen molar-refractivity contribution >= 4 is 15.9 Å². The van der Waals surface area contributed by atoms with E-state index in [-0.39, 0.29) is 0 Å². The van der Waals surface area contributed by atoms with Crippen molar-refractivity contribution in [3.63, 3.8) is 0 Å². The molecule has 1 aliphatic rings. The van der Waals surface area contributed by atoms with Crippen LogP contribution < -0.4 is 0 Å². The molecular weight excluding hydrogens is 180 g/mol. The largest absolute Gasteiger partial charge is 0.396 e. The zero-order valence-corrected chi connectivity index (χ0v) is 7.53. The molecule has 1 fully saturated rings. The fourth-order valence-electron chi connectivity index (χ4n) is 1.28. The average Bonchev–Trinajstić information content (AvgIpc) is 2.07. The number of aliphatic hydroxyl groups excluding tert-OH is 1. The van der Waals surface area contributed by atoms with Gasteiger partial charge in [0.1, 0.15) is 0 Å². The molecule has 0 aromatic carbocycles. The Balaban J connectivity index is 2.42. The number of hydrogen-bond acceptors (Lipinski definition) is 1. The van der Waals surface area contributed by atoms with Crippen LogP contribution in [0.1, 0.15) is 26.7 Å². The normalized spacial score (nSPS) is 49.3. The molecule has 1 N–H and O–H groups in total. The molecule has 0 heterocycles. The molecule has 0 aromatic heterocycles.